The average molecular weight is 327 g/mol. The number of halogens is 1. The average Bonchev–Trinajstić information content (AvgIpc) is 2.85. The van der Waals surface area contributed by atoms with Gasteiger partial charge in [-0.2, -0.15) is 0 Å². The van der Waals surface area contributed by atoms with Crippen LogP contribution in [0.3, 0.4) is 0 Å². The Bertz CT molecular complexity index is 519. The van der Waals surface area contributed by atoms with Gasteiger partial charge in [0.15, 0.2) is 0 Å². The van der Waals surface area contributed by atoms with E-state index in [0.717, 1.165) is 25.1 Å². The molecule has 0 radical (unpaired) electrons. The molecule has 1 atom stereocenters. The number of nitrogens with one attached hydrogen (secondary N) is 1. The van der Waals surface area contributed by atoms with E-state index in [9.17, 15) is 4.79 Å². The highest BCUT2D eigenvalue weighted by atomic mass is 35.5. The van der Waals surface area contributed by atoms with Gasteiger partial charge in [0.2, 0.25) is 5.28 Å². The second-order valence-corrected chi connectivity index (χ2v) is 6.76. The van der Waals surface area contributed by atoms with Crippen molar-refractivity contribution in [2.45, 2.75) is 51.8 Å². The molecular weight excluding hydrogens is 304 g/mol. The smallest absolute Gasteiger partial charge is 0.410 e. The third-order valence-corrected chi connectivity index (χ3v) is 3.56. The van der Waals surface area contributed by atoms with Crippen LogP contribution in [0.15, 0.2) is 12.3 Å². The van der Waals surface area contributed by atoms with E-state index in [2.05, 4.69) is 15.3 Å². The molecule has 0 saturated carbocycles. The lowest BCUT2D eigenvalue weighted by Crippen LogP contribution is -2.44. The lowest BCUT2D eigenvalue weighted by molar-refractivity contribution is 0.0226. The first kappa shape index (κ1) is 17.0. The highest BCUT2D eigenvalue weighted by Crippen LogP contribution is 2.20. The maximum absolute atomic E-state index is 12.2. The summed E-state index contributed by atoms with van der Waals surface area (Å²) in [5, 5.41) is 3.57. The second kappa shape index (κ2) is 7.24. The Morgan fingerprint density at radius 3 is 3.00 bits per heavy atom. The molecule has 0 spiro atoms. The molecule has 22 heavy (non-hydrogen) atoms. The van der Waals surface area contributed by atoms with Crippen molar-refractivity contribution >= 4 is 17.7 Å². The fraction of sp³-hybridized carbons (Fsp3) is 0.667. The number of rotatable bonds is 4. The summed E-state index contributed by atoms with van der Waals surface area (Å²) in [4.78, 5) is 22.0. The number of hydrogen-bond acceptors (Lipinski definition) is 5. The number of carbonyl (C=O) groups excluding carboxylic acids is 1. The van der Waals surface area contributed by atoms with Crippen LogP contribution in [0.25, 0.3) is 0 Å². The van der Waals surface area contributed by atoms with Gasteiger partial charge in [0, 0.05) is 31.9 Å². The largest absolute Gasteiger partial charge is 0.444 e. The van der Waals surface area contributed by atoms with Crippen LogP contribution in [-0.4, -0.2) is 45.7 Å². The molecule has 0 aromatic carbocycles. The standard InChI is InChI=1S/C15H23ClN4O2/c1-15(2,3)22-14(21)20-8-4-5-12(20)10-17-9-11-6-7-18-13(16)19-11/h6-7,12,17H,4-5,8-10H2,1-3H3/t12-/m0/s1. The highest BCUT2D eigenvalue weighted by Gasteiger charge is 2.31. The van der Waals surface area contributed by atoms with Crippen LogP contribution in [0.2, 0.25) is 5.28 Å². The summed E-state index contributed by atoms with van der Waals surface area (Å²) >= 11 is 5.76. The van der Waals surface area contributed by atoms with Gasteiger partial charge in [-0.1, -0.05) is 0 Å². The van der Waals surface area contributed by atoms with E-state index in [0.29, 0.717) is 13.1 Å². The van der Waals surface area contributed by atoms with Crippen LogP contribution in [0.1, 0.15) is 39.3 Å². The van der Waals surface area contributed by atoms with Crippen LogP contribution in [0.5, 0.6) is 0 Å². The summed E-state index contributed by atoms with van der Waals surface area (Å²) in [7, 11) is 0. The van der Waals surface area contributed by atoms with Gasteiger partial charge in [0.05, 0.1) is 5.69 Å². The van der Waals surface area contributed by atoms with Crippen molar-refractivity contribution in [1.29, 1.82) is 0 Å². The number of carbonyl (C=O) groups is 1. The summed E-state index contributed by atoms with van der Waals surface area (Å²) in [6.07, 6.45) is 3.39. The summed E-state index contributed by atoms with van der Waals surface area (Å²) < 4.78 is 5.45. The SMILES string of the molecule is CC(C)(C)OC(=O)N1CCC[C@H]1CNCc1ccnc(Cl)n1. The molecular formula is C15H23ClN4O2. The van der Waals surface area contributed by atoms with Gasteiger partial charge in [0.1, 0.15) is 5.60 Å². The molecule has 0 aliphatic carbocycles. The zero-order valence-corrected chi connectivity index (χ0v) is 14.1. The lowest BCUT2D eigenvalue weighted by Gasteiger charge is -2.28. The van der Waals surface area contributed by atoms with Crippen molar-refractivity contribution in [2.24, 2.45) is 0 Å². The molecule has 1 N–H and O–H groups in total. The molecule has 1 aromatic rings. The Morgan fingerprint density at radius 2 is 2.32 bits per heavy atom. The van der Waals surface area contributed by atoms with Gasteiger partial charge in [0.25, 0.3) is 0 Å². The maximum atomic E-state index is 12.2. The van der Waals surface area contributed by atoms with Crippen molar-refractivity contribution in [1.82, 2.24) is 20.2 Å². The van der Waals surface area contributed by atoms with E-state index < -0.39 is 5.60 Å². The molecule has 1 aromatic heterocycles. The van der Waals surface area contributed by atoms with E-state index in [1.807, 2.05) is 31.7 Å². The third-order valence-electron chi connectivity index (χ3n) is 3.38. The fourth-order valence-electron chi connectivity index (χ4n) is 2.44. The Morgan fingerprint density at radius 1 is 1.55 bits per heavy atom. The summed E-state index contributed by atoms with van der Waals surface area (Å²) in [6.45, 7) is 7.70. The first-order chi connectivity index (χ1) is 10.3. The molecule has 1 aliphatic heterocycles. The van der Waals surface area contributed by atoms with Crippen LogP contribution in [0, 0.1) is 0 Å². The van der Waals surface area contributed by atoms with Crippen LogP contribution in [0.4, 0.5) is 4.79 Å². The Kier molecular flexibility index (Phi) is 5.58. The summed E-state index contributed by atoms with van der Waals surface area (Å²) in [5.41, 5.74) is 0.372. The van der Waals surface area contributed by atoms with E-state index in [-0.39, 0.29) is 17.4 Å². The normalized spacial score (nSPS) is 18.5. The molecule has 2 heterocycles. The highest BCUT2D eigenvalue weighted by molar-refractivity contribution is 6.28. The number of nitrogens with zero attached hydrogens (tertiary/aromatic N) is 3. The first-order valence-corrected chi connectivity index (χ1v) is 7.91. The quantitative estimate of drug-likeness (QED) is 0.861. The van der Waals surface area contributed by atoms with E-state index in [1.165, 1.54) is 0 Å². The van der Waals surface area contributed by atoms with Crippen molar-refractivity contribution in [3.8, 4) is 0 Å². The number of aromatic nitrogens is 2. The number of ether oxygens (including phenoxy) is 1. The fourth-order valence-corrected chi connectivity index (χ4v) is 2.61. The van der Waals surface area contributed by atoms with Gasteiger partial charge in [-0.3, -0.25) is 0 Å². The molecule has 7 heteroatoms. The molecule has 0 bridgehead atoms. The molecule has 1 fully saturated rings. The Labute approximate surface area is 136 Å². The number of hydrogen-bond donors (Lipinski definition) is 1. The van der Waals surface area contributed by atoms with Crippen molar-refractivity contribution in [2.75, 3.05) is 13.1 Å². The predicted octanol–water partition coefficient (Wildman–Crippen LogP) is 2.62. The van der Waals surface area contributed by atoms with E-state index >= 15 is 0 Å². The molecule has 6 nitrogen and oxygen atoms in total. The molecule has 1 amide bonds. The molecule has 1 saturated heterocycles. The van der Waals surface area contributed by atoms with Gasteiger partial charge in [-0.05, 0) is 51.3 Å². The summed E-state index contributed by atoms with van der Waals surface area (Å²) in [5.74, 6) is 0. The van der Waals surface area contributed by atoms with Crippen molar-refractivity contribution in [3.05, 3.63) is 23.2 Å². The summed E-state index contributed by atoms with van der Waals surface area (Å²) in [6, 6.07) is 1.98. The first-order valence-electron chi connectivity index (χ1n) is 7.53. The van der Waals surface area contributed by atoms with Gasteiger partial charge in [-0.25, -0.2) is 14.8 Å². The minimum atomic E-state index is -0.463. The third kappa shape index (κ3) is 5.10. The maximum Gasteiger partial charge on any atom is 0.410 e. The van der Waals surface area contributed by atoms with E-state index in [1.54, 1.807) is 6.20 Å². The number of amides is 1. The van der Waals surface area contributed by atoms with Crippen LogP contribution >= 0.6 is 11.6 Å². The van der Waals surface area contributed by atoms with Gasteiger partial charge in [-0.15, -0.1) is 0 Å². The molecule has 2 rings (SSSR count). The predicted molar refractivity (Wildman–Crippen MR) is 84.7 cm³/mol. The number of likely N-dealkylation sites (tertiary alicyclic amines) is 1. The van der Waals surface area contributed by atoms with Crippen molar-refractivity contribution in [3.63, 3.8) is 0 Å². The van der Waals surface area contributed by atoms with Crippen LogP contribution < -0.4 is 5.32 Å². The lowest BCUT2D eigenvalue weighted by atomic mass is 10.2. The topological polar surface area (TPSA) is 67.3 Å². The Hall–Kier alpha value is -1.40. The molecule has 1 aliphatic rings. The van der Waals surface area contributed by atoms with Crippen LogP contribution in [-0.2, 0) is 11.3 Å². The Balaban J connectivity index is 1.82. The van der Waals surface area contributed by atoms with Crippen molar-refractivity contribution < 1.29 is 9.53 Å². The zero-order chi connectivity index (χ0) is 16.2. The monoisotopic (exact) mass is 326 g/mol. The van der Waals surface area contributed by atoms with Gasteiger partial charge >= 0.3 is 6.09 Å². The van der Waals surface area contributed by atoms with E-state index in [4.69, 9.17) is 16.3 Å². The van der Waals surface area contributed by atoms with Gasteiger partial charge < -0.3 is 15.0 Å². The zero-order valence-electron chi connectivity index (χ0n) is 13.3. The minimum Gasteiger partial charge on any atom is -0.444 e. The molecule has 122 valence electrons. The second-order valence-electron chi connectivity index (χ2n) is 6.42. The minimum absolute atomic E-state index is 0.159. The molecule has 0 unspecified atom stereocenters.